The third-order valence-corrected chi connectivity index (χ3v) is 7.64. The van der Waals surface area contributed by atoms with Crippen LogP contribution in [0.15, 0.2) is 54.6 Å². The summed E-state index contributed by atoms with van der Waals surface area (Å²) in [4.78, 5) is 5.15. The van der Waals surface area contributed by atoms with Crippen LogP contribution in [0.4, 0.5) is 11.4 Å². The maximum absolute atomic E-state index is 5.78. The number of aryl methyl sites for hydroxylation is 3. The standard InChI is InChI=1S/C30H30N2O/c1-18-12-13-19(2)29-25(18)15-31-17-32(29)16-26-21(4)24(14-20(3)30(26)31)23-10-6-8-22-9-7-11-27(33-5)28(22)23/h6-14H,15-17H2,1-5H3. The first kappa shape index (κ1) is 20.2. The molecular formula is C30H30N2O. The Bertz CT molecular complexity index is 1430. The lowest BCUT2D eigenvalue weighted by Crippen LogP contribution is -2.47. The predicted octanol–water partition coefficient (Wildman–Crippen LogP) is 7.05. The van der Waals surface area contributed by atoms with Gasteiger partial charge in [0.15, 0.2) is 0 Å². The van der Waals surface area contributed by atoms with Gasteiger partial charge in [0.25, 0.3) is 0 Å². The molecule has 0 N–H and O–H groups in total. The van der Waals surface area contributed by atoms with Crippen molar-refractivity contribution in [2.24, 2.45) is 0 Å². The third-order valence-electron chi connectivity index (χ3n) is 7.64. The van der Waals surface area contributed by atoms with Gasteiger partial charge in [-0.25, -0.2) is 0 Å². The molecule has 0 unspecified atom stereocenters. The summed E-state index contributed by atoms with van der Waals surface area (Å²) < 4.78 is 5.78. The molecule has 2 aliphatic heterocycles. The molecule has 0 saturated carbocycles. The van der Waals surface area contributed by atoms with Crippen LogP contribution in [-0.2, 0) is 13.1 Å². The Labute approximate surface area is 196 Å². The molecule has 4 aromatic rings. The molecule has 0 radical (unpaired) electrons. The first-order valence-corrected chi connectivity index (χ1v) is 11.8. The fourth-order valence-electron chi connectivity index (χ4n) is 6.07. The molecule has 0 amide bonds. The van der Waals surface area contributed by atoms with Crippen molar-refractivity contribution in [3.8, 4) is 16.9 Å². The zero-order valence-corrected chi connectivity index (χ0v) is 20.1. The Kier molecular flexibility index (Phi) is 4.45. The van der Waals surface area contributed by atoms with E-state index >= 15 is 0 Å². The highest BCUT2D eigenvalue weighted by atomic mass is 16.5. The lowest BCUT2D eigenvalue weighted by atomic mass is 9.87. The van der Waals surface area contributed by atoms with Gasteiger partial charge in [-0.3, -0.25) is 0 Å². The minimum Gasteiger partial charge on any atom is -0.496 e. The fourth-order valence-corrected chi connectivity index (χ4v) is 6.07. The number of anilines is 2. The number of methoxy groups -OCH3 is 1. The van der Waals surface area contributed by atoms with E-state index in [0.29, 0.717) is 0 Å². The lowest BCUT2D eigenvalue weighted by Gasteiger charge is -2.47. The number of rotatable bonds is 2. The summed E-state index contributed by atoms with van der Waals surface area (Å²) in [5.41, 5.74) is 13.8. The monoisotopic (exact) mass is 434 g/mol. The average Bonchev–Trinajstić information content (AvgIpc) is 2.82. The Morgan fingerprint density at radius 3 is 2.12 bits per heavy atom. The van der Waals surface area contributed by atoms with Crippen LogP contribution in [0.5, 0.6) is 5.75 Å². The van der Waals surface area contributed by atoms with Gasteiger partial charge < -0.3 is 14.5 Å². The summed E-state index contributed by atoms with van der Waals surface area (Å²) >= 11 is 0. The summed E-state index contributed by atoms with van der Waals surface area (Å²) in [5.74, 6) is 0.933. The zero-order chi connectivity index (χ0) is 22.9. The van der Waals surface area contributed by atoms with E-state index in [0.717, 1.165) is 25.5 Å². The predicted molar refractivity (Wildman–Crippen MR) is 139 cm³/mol. The van der Waals surface area contributed by atoms with Crippen LogP contribution in [0.3, 0.4) is 0 Å². The normalized spacial score (nSPS) is 14.3. The number of hydrogen-bond donors (Lipinski definition) is 0. The second kappa shape index (κ2) is 7.28. The highest BCUT2D eigenvalue weighted by Crippen LogP contribution is 2.46. The molecule has 3 nitrogen and oxygen atoms in total. The molecule has 0 spiro atoms. The number of nitrogens with zero attached hydrogens (tertiary/aromatic N) is 2. The minimum atomic E-state index is 0.933. The second-order valence-electron chi connectivity index (χ2n) is 9.62. The molecular weight excluding hydrogens is 404 g/mol. The van der Waals surface area contributed by atoms with E-state index in [1.165, 1.54) is 66.7 Å². The third kappa shape index (κ3) is 2.88. The molecule has 0 aromatic heterocycles. The van der Waals surface area contributed by atoms with E-state index in [1.807, 2.05) is 0 Å². The van der Waals surface area contributed by atoms with Crippen molar-refractivity contribution >= 4 is 22.1 Å². The molecule has 6 rings (SSSR count). The van der Waals surface area contributed by atoms with Crippen LogP contribution in [0, 0.1) is 27.7 Å². The summed E-state index contributed by atoms with van der Waals surface area (Å²) in [5, 5.41) is 2.41. The van der Waals surface area contributed by atoms with Gasteiger partial charge in [-0.2, -0.15) is 0 Å². The van der Waals surface area contributed by atoms with Crippen LogP contribution < -0.4 is 14.5 Å². The Morgan fingerprint density at radius 2 is 1.36 bits per heavy atom. The maximum Gasteiger partial charge on any atom is 0.127 e. The molecule has 0 atom stereocenters. The Morgan fingerprint density at radius 1 is 0.697 bits per heavy atom. The first-order valence-electron chi connectivity index (χ1n) is 11.8. The molecule has 0 fully saturated rings. The molecule has 0 saturated heterocycles. The fraction of sp³-hybridized carbons (Fsp3) is 0.267. The van der Waals surface area contributed by atoms with Crippen molar-refractivity contribution in [3.05, 3.63) is 88.0 Å². The Balaban J connectivity index is 1.57. The smallest absolute Gasteiger partial charge is 0.127 e. The lowest BCUT2D eigenvalue weighted by molar-refractivity contribution is 0.420. The molecule has 0 aliphatic carbocycles. The van der Waals surface area contributed by atoms with Crippen LogP contribution in [-0.4, -0.2) is 13.8 Å². The SMILES string of the molecule is COc1cccc2cccc(-c3cc(C)c4c(c3C)CN3CN4Cc4c(C)ccc(C)c43)c12. The highest BCUT2D eigenvalue weighted by Gasteiger charge is 2.33. The van der Waals surface area contributed by atoms with E-state index in [-0.39, 0.29) is 0 Å². The van der Waals surface area contributed by atoms with Gasteiger partial charge in [0.1, 0.15) is 5.75 Å². The highest BCUT2D eigenvalue weighted by molar-refractivity contribution is 6.02. The molecule has 2 bridgehead atoms. The van der Waals surface area contributed by atoms with Crippen molar-refractivity contribution in [1.82, 2.24) is 0 Å². The van der Waals surface area contributed by atoms with E-state index in [1.54, 1.807) is 7.11 Å². The molecule has 166 valence electrons. The Hall–Kier alpha value is -3.46. The van der Waals surface area contributed by atoms with Gasteiger partial charge in [0.05, 0.1) is 13.8 Å². The number of ether oxygens (including phenoxy) is 1. The molecule has 4 aromatic carbocycles. The van der Waals surface area contributed by atoms with E-state index in [2.05, 4.69) is 92.1 Å². The second-order valence-corrected chi connectivity index (χ2v) is 9.62. The number of hydrogen-bond acceptors (Lipinski definition) is 3. The quantitative estimate of drug-likeness (QED) is 0.336. The summed E-state index contributed by atoms with van der Waals surface area (Å²) in [7, 11) is 1.76. The van der Waals surface area contributed by atoms with Gasteiger partial charge >= 0.3 is 0 Å². The average molecular weight is 435 g/mol. The molecule has 3 heteroatoms. The van der Waals surface area contributed by atoms with Crippen molar-refractivity contribution in [2.75, 3.05) is 23.6 Å². The first-order chi connectivity index (χ1) is 16.0. The molecule has 33 heavy (non-hydrogen) atoms. The molecule has 2 aliphatic rings. The summed E-state index contributed by atoms with van der Waals surface area (Å²) in [6.07, 6.45) is 0. The number of fused-ring (bicyclic) bond motifs is 7. The van der Waals surface area contributed by atoms with Gasteiger partial charge in [0.2, 0.25) is 0 Å². The maximum atomic E-state index is 5.78. The van der Waals surface area contributed by atoms with E-state index < -0.39 is 0 Å². The number of benzene rings is 4. The van der Waals surface area contributed by atoms with Crippen molar-refractivity contribution in [2.45, 2.75) is 40.8 Å². The van der Waals surface area contributed by atoms with Gasteiger partial charge in [-0.15, -0.1) is 0 Å². The summed E-state index contributed by atoms with van der Waals surface area (Å²) in [6, 6.07) is 19.8. The van der Waals surface area contributed by atoms with Gasteiger partial charge in [-0.05, 0) is 89.7 Å². The van der Waals surface area contributed by atoms with Crippen LogP contribution in [0.25, 0.3) is 21.9 Å². The van der Waals surface area contributed by atoms with Crippen LogP contribution in [0.1, 0.15) is 33.4 Å². The topological polar surface area (TPSA) is 15.7 Å². The van der Waals surface area contributed by atoms with E-state index in [9.17, 15) is 0 Å². The minimum absolute atomic E-state index is 0.933. The van der Waals surface area contributed by atoms with Gasteiger partial charge in [-0.1, -0.05) is 42.5 Å². The molecule has 2 heterocycles. The van der Waals surface area contributed by atoms with E-state index in [4.69, 9.17) is 4.74 Å². The van der Waals surface area contributed by atoms with Crippen LogP contribution in [0.2, 0.25) is 0 Å². The van der Waals surface area contributed by atoms with Gasteiger partial charge in [0, 0.05) is 29.9 Å². The van der Waals surface area contributed by atoms with Crippen LogP contribution >= 0.6 is 0 Å². The largest absolute Gasteiger partial charge is 0.496 e. The van der Waals surface area contributed by atoms with Crippen molar-refractivity contribution in [1.29, 1.82) is 0 Å². The zero-order valence-electron chi connectivity index (χ0n) is 20.1. The van der Waals surface area contributed by atoms with Crippen molar-refractivity contribution < 1.29 is 4.74 Å². The summed E-state index contributed by atoms with van der Waals surface area (Å²) in [6.45, 7) is 12.0. The van der Waals surface area contributed by atoms with Crippen molar-refractivity contribution in [3.63, 3.8) is 0 Å².